The van der Waals surface area contributed by atoms with E-state index in [1.165, 1.54) is 0 Å². The van der Waals surface area contributed by atoms with Crippen LogP contribution in [0.1, 0.15) is 11.1 Å². The Hall–Kier alpha value is -4.16. The van der Waals surface area contributed by atoms with Crippen LogP contribution >= 0.6 is 11.6 Å². The molecular formula is C28H23ClN4O2. The number of aryl methyl sites for hydroxylation is 2. The first-order valence-electron chi connectivity index (χ1n) is 11.2. The number of hydrogen-bond acceptors (Lipinski definition) is 4. The number of nitrogens with zero attached hydrogens (tertiary/aromatic N) is 3. The van der Waals surface area contributed by atoms with Crippen molar-refractivity contribution < 1.29 is 9.53 Å². The number of hydrogen-bond donors (Lipinski definition) is 1. The average molecular weight is 483 g/mol. The number of benzene rings is 3. The molecule has 1 amide bonds. The summed E-state index contributed by atoms with van der Waals surface area (Å²) < 4.78 is 7.62. The molecule has 2 aromatic heterocycles. The lowest BCUT2D eigenvalue weighted by atomic mass is 10.1. The summed E-state index contributed by atoms with van der Waals surface area (Å²) in [6, 6.07) is 27.0. The predicted molar refractivity (Wildman–Crippen MR) is 139 cm³/mol. The molecule has 0 aliphatic heterocycles. The summed E-state index contributed by atoms with van der Waals surface area (Å²) in [5.74, 6) is 0.0566. The summed E-state index contributed by atoms with van der Waals surface area (Å²) in [6.45, 7) is 3.71. The molecule has 1 N–H and O–H groups in total. The fourth-order valence-electron chi connectivity index (χ4n) is 3.95. The lowest BCUT2D eigenvalue weighted by Gasteiger charge is -2.11. The summed E-state index contributed by atoms with van der Waals surface area (Å²) in [5.41, 5.74) is 5.92. The molecule has 3 aromatic carbocycles. The first kappa shape index (κ1) is 22.6. The Morgan fingerprint density at radius 3 is 2.40 bits per heavy atom. The fourth-order valence-corrected chi connectivity index (χ4v) is 4.12. The maximum atomic E-state index is 12.6. The molecule has 5 aromatic rings. The SMILES string of the molecule is Cc1ccc(Cl)cc1NC(=O)COc1cc(C)c2c(-c3ccccc3)nn(-c3ccccc3)c2n1. The molecule has 7 heteroatoms. The summed E-state index contributed by atoms with van der Waals surface area (Å²) in [7, 11) is 0. The van der Waals surface area contributed by atoms with Gasteiger partial charge in [0.2, 0.25) is 5.88 Å². The number of ether oxygens (including phenoxy) is 1. The largest absolute Gasteiger partial charge is 0.467 e. The Labute approximate surface area is 208 Å². The number of aromatic nitrogens is 3. The lowest BCUT2D eigenvalue weighted by Crippen LogP contribution is -2.21. The van der Waals surface area contributed by atoms with Gasteiger partial charge in [-0.1, -0.05) is 66.2 Å². The van der Waals surface area contributed by atoms with Crippen LogP contribution in [0.15, 0.2) is 84.9 Å². The van der Waals surface area contributed by atoms with Crippen molar-refractivity contribution in [1.82, 2.24) is 14.8 Å². The smallest absolute Gasteiger partial charge is 0.262 e. The maximum absolute atomic E-state index is 12.6. The minimum Gasteiger partial charge on any atom is -0.467 e. The highest BCUT2D eigenvalue weighted by molar-refractivity contribution is 6.31. The molecular weight excluding hydrogens is 460 g/mol. The van der Waals surface area contributed by atoms with E-state index in [0.29, 0.717) is 22.2 Å². The molecule has 0 saturated carbocycles. The van der Waals surface area contributed by atoms with E-state index in [9.17, 15) is 4.79 Å². The molecule has 0 spiro atoms. The van der Waals surface area contributed by atoms with Gasteiger partial charge in [-0.2, -0.15) is 10.1 Å². The monoisotopic (exact) mass is 482 g/mol. The van der Waals surface area contributed by atoms with Crippen molar-refractivity contribution in [3.63, 3.8) is 0 Å². The van der Waals surface area contributed by atoms with Crippen molar-refractivity contribution in [1.29, 1.82) is 0 Å². The van der Waals surface area contributed by atoms with Crippen molar-refractivity contribution >= 4 is 34.2 Å². The second kappa shape index (κ2) is 9.60. The first-order chi connectivity index (χ1) is 17.0. The first-order valence-corrected chi connectivity index (χ1v) is 11.6. The summed E-state index contributed by atoms with van der Waals surface area (Å²) in [5, 5.41) is 9.24. The molecule has 0 atom stereocenters. The zero-order valence-corrected chi connectivity index (χ0v) is 20.1. The van der Waals surface area contributed by atoms with Crippen LogP contribution in [0.4, 0.5) is 5.69 Å². The minimum absolute atomic E-state index is 0.186. The van der Waals surface area contributed by atoms with Crippen LogP contribution in [0.3, 0.4) is 0 Å². The number of anilines is 1. The number of carbonyl (C=O) groups excluding carboxylic acids is 1. The second-order valence-corrected chi connectivity index (χ2v) is 8.67. The van der Waals surface area contributed by atoms with Gasteiger partial charge >= 0.3 is 0 Å². The number of halogens is 1. The van der Waals surface area contributed by atoms with Crippen LogP contribution in [0.5, 0.6) is 5.88 Å². The van der Waals surface area contributed by atoms with Crippen LogP contribution in [-0.4, -0.2) is 27.3 Å². The van der Waals surface area contributed by atoms with Gasteiger partial charge in [0, 0.05) is 22.3 Å². The molecule has 0 aliphatic carbocycles. The quantitative estimate of drug-likeness (QED) is 0.305. The predicted octanol–water partition coefficient (Wildman–Crippen LogP) is 6.38. The van der Waals surface area contributed by atoms with Crippen molar-refractivity contribution in [2.24, 2.45) is 0 Å². The molecule has 0 bridgehead atoms. The molecule has 6 nitrogen and oxygen atoms in total. The van der Waals surface area contributed by atoms with Crippen molar-refractivity contribution in [3.05, 3.63) is 101 Å². The summed E-state index contributed by atoms with van der Waals surface area (Å²) >= 11 is 6.06. The fraction of sp³-hybridized carbons (Fsp3) is 0.107. The van der Waals surface area contributed by atoms with Crippen LogP contribution in [-0.2, 0) is 4.79 Å². The molecule has 174 valence electrons. The Morgan fingerprint density at radius 2 is 1.66 bits per heavy atom. The van der Waals surface area contributed by atoms with Gasteiger partial charge in [0.1, 0.15) is 5.69 Å². The van der Waals surface area contributed by atoms with Crippen molar-refractivity contribution in [2.45, 2.75) is 13.8 Å². The summed E-state index contributed by atoms with van der Waals surface area (Å²) in [6.07, 6.45) is 0. The van der Waals surface area contributed by atoms with Crippen LogP contribution in [0, 0.1) is 13.8 Å². The molecule has 35 heavy (non-hydrogen) atoms. The van der Waals surface area contributed by atoms with Gasteiger partial charge in [0.25, 0.3) is 5.91 Å². The molecule has 2 heterocycles. The van der Waals surface area contributed by atoms with Crippen molar-refractivity contribution in [3.8, 4) is 22.8 Å². The van der Waals surface area contributed by atoms with E-state index in [1.54, 1.807) is 12.1 Å². The van der Waals surface area contributed by atoms with Gasteiger partial charge in [0.15, 0.2) is 12.3 Å². The second-order valence-electron chi connectivity index (χ2n) is 8.23. The number of carbonyl (C=O) groups is 1. The van der Waals surface area contributed by atoms with Gasteiger partial charge < -0.3 is 10.1 Å². The third-order valence-electron chi connectivity index (χ3n) is 5.68. The van der Waals surface area contributed by atoms with E-state index in [1.807, 2.05) is 91.3 Å². The Bertz CT molecular complexity index is 1520. The van der Waals surface area contributed by atoms with Gasteiger partial charge in [-0.05, 0) is 49.2 Å². The zero-order valence-electron chi connectivity index (χ0n) is 19.3. The minimum atomic E-state index is -0.295. The van der Waals surface area contributed by atoms with E-state index < -0.39 is 0 Å². The normalized spacial score (nSPS) is 10.9. The van der Waals surface area contributed by atoms with E-state index in [2.05, 4.69) is 5.32 Å². The molecule has 0 saturated heterocycles. The topological polar surface area (TPSA) is 69.0 Å². The third kappa shape index (κ3) is 4.74. The molecule has 0 unspecified atom stereocenters. The number of fused-ring (bicyclic) bond motifs is 1. The standard InChI is InChI=1S/C28H23ClN4O2/c1-18-13-14-21(29)16-23(18)30-24(34)17-35-25-15-19(2)26-27(20-9-5-3-6-10-20)32-33(28(26)31-25)22-11-7-4-8-12-22/h3-16H,17H2,1-2H3,(H,30,34). The van der Waals surface area contributed by atoms with Crippen LogP contribution in [0.25, 0.3) is 28.0 Å². The maximum Gasteiger partial charge on any atom is 0.262 e. The number of amides is 1. The molecule has 0 aliphatic rings. The van der Waals surface area contributed by atoms with Crippen molar-refractivity contribution in [2.75, 3.05) is 11.9 Å². The van der Waals surface area contributed by atoms with Crippen LogP contribution in [0.2, 0.25) is 5.02 Å². The number of pyridine rings is 1. The highest BCUT2D eigenvalue weighted by Gasteiger charge is 2.19. The molecule has 0 fully saturated rings. The van der Waals surface area contributed by atoms with Crippen LogP contribution < -0.4 is 10.1 Å². The number of nitrogens with one attached hydrogen (secondary N) is 1. The van der Waals surface area contributed by atoms with Gasteiger partial charge in [-0.25, -0.2) is 4.68 Å². The van der Waals surface area contributed by atoms with Gasteiger partial charge in [-0.15, -0.1) is 0 Å². The highest BCUT2D eigenvalue weighted by atomic mass is 35.5. The summed E-state index contributed by atoms with van der Waals surface area (Å²) in [4.78, 5) is 17.3. The lowest BCUT2D eigenvalue weighted by molar-refractivity contribution is -0.118. The van der Waals surface area contributed by atoms with E-state index in [4.69, 9.17) is 26.4 Å². The third-order valence-corrected chi connectivity index (χ3v) is 5.92. The molecule has 5 rings (SSSR count). The van der Waals surface area contributed by atoms with E-state index in [0.717, 1.165) is 33.5 Å². The zero-order chi connectivity index (χ0) is 24.4. The van der Waals surface area contributed by atoms with E-state index >= 15 is 0 Å². The Kier molecular flexibility index (Phi) is 6.21. The Balaban J connectivity index is 1.48. The number of para-hydroxylation sites is 1. The average Bonchev–Trinajstić information content (AvgIpc) is 3.26. The van der Waals surface area contributed by atoms with Gasteiger partial charge in [-0.3, -0.25) is 4.79 Å². The molecule has 0 radical (unpaired) electrons. The van der Waals surface area contributed by atoms with E-state index in [-0.39, 0.29) is 12.5 Å². The van der Waals surface area contributed by atoms with Gasteiger partial charge in [0.05, 0.1) is 11.1 Å². The Morgan fingerprint density at radius 1 is 0.943 bits per heavy atom. The number of rotatable bonds is 6. The highest BCUT2D eigenvalue weighted by Crippen LogP contribution is 2.33.